The highest BCUT2D eigenvalue weighted by Crippen LogP contribution is 2.35. The van der Waals surface area contributed by atoms with Crippen LogP contribution >= 0.6 is 0 Å². The molecule has 1 atom stereocenters. The fourth-order valence-electron chi connectivity index (χ4n) is 7.25. The first-order valence-electron chi connectivity index (χ1n) is 22.9. The Morgan fingerprint density at radius 3 is 1.46 bits per heavy atom. The Labute approximate surface area is 326 Å². The van der Waals surface area contributed by atoms with Crippen LogP contribution in [0, 0.1) is 0 Å². The topological polar surface area (TPSA) is 33.7 Å². The van der Waals surface area contributed by atoms with Crippen molar-refractivity contribution in [2.75, 3.05) is 40.3 Å². The average molecular weight is 727 g/mol. The second-order valence-electron chi connectivity index (χ2n) is 15.9. The minimum Gasteiger partial charge on any atom is -0.347 e. The standard InChI is InChI=1S/C48H90N2O2/c1-5-7-9-11-13-15-17-19-21-23-25-27-29-31-33-36-41-48(51-46-47(52-48)40-45-50(4)44-39-35-38-43-49-3)42-37-34-32-30-28-26-24-22-20-18-16-14-12-10-8-6-2/h13-16,19-22,47,49H,5-12,17-18,23-46H2,1-4H3/b15-13-,16-14-,21-19-,22-20-. The van der Waals surface area contributed by atoms with Crippen LogP contribution in [0.3, 0.4) is 0 Å². The summed E-state index contributed by atoms with van der Waals surface area (Å²) in [4.78, 5) is 2.49. The molecule has 0 aromatic rings. The molecule has 0 aromatic carbocycles. The van der Waals surface area contributed by atoms with E-state index >= 15 is 0 Å². The van der Waals surface area contributed by atoms with Crippen molar-refractivity contribution in [2.45, 2.75) is 218 Å². The fraction of sp³-hybridized carbons (Fsp3) is 0.833. The van der Waals surface area contributed by atoms with E-state index in [1.165, 1.54) is 167 Å². The fourth-order valence-corrected chi connectivity index (χ4v) is 7.25. The van der Waals surface area contributed by atoms with Crippen molar-refractivity contribution >= 4 is 0 Å². The van der Waals surface area contributed by atoms with Gasteiger partial charge in [0.15, 0.2) is 5.79 Å². The summed E-state index contributed by atoms with van der Waals surface area (Å²) >= 11 is 0. The first-order valence-corrected chi connectivity index (χ1v) is 22.9. The molecule has 0 amide bonds. The van der Waals surface area contributed by atoms with Gasteiger partial charge in [-0.05, 0) is 123 Å². The number of rotatable bonds is 39. The van der Waals surface area contributed by atoms with E-state index in [1.54, 1.807) is 0 Å². The second kappa shape index (κ2) is 38.1. The molecule has 1 rings (SSSR count). The molecule has 1 fully saturated rings. The van der Waals surface area contributed by atoms with E-state index in [0.717, 1.165) is 51.8 Å². The van der Waals surface area contributed by atoms with Gasteiger partial charge in [-0.25, -0.2) is 0 Å². The van der Waals surface area contributed by atoms with Gasteiger partial charge < -0.3 is 19.7 Å². The van der Waals surface area contributed by atoms with Gasteiger partial charge in [-0.3, -0.25) is 0 Å². The van der Waals surface area contributed by atoms with Gasteiger partial charge in [0, 0.05) is 19.4 Å². The predicted octanol–water partition coefficient (Wildman–Crippen LogP) is 14.2. The van der Waals surface area contributed by atoms with Crippen molar-refractivity contribution < 1.29 is 9.47 Å². The summed E-state index contributed by atoms with van der Waals surface area (Å²) in [5.41, 5.74) is 0. The molecule has 0 radical (unpaired) electrons. The highest BCUT2D eigenvalue weighted by atomic mass is 16.7. The number of hydrogen-bond donors (Lipinski definition) is 1. The highest BCUT2D eigenvalue weighted by Gasteiger charge is 2.40. The van der Waals surface area contributed by atoms with Crippen LogP contribution in [0.15, 0.2) is 48.6 Å². The van der Waals surface area contributed by atoms with Gasteiger partial charge in [0.25, 0.3) is 0 Å². The number of ether oxygens (including phenoxy) is 2. The molecule has 0 saturated carbocycles. The maximum atomic E-state index is 6.82. The number of allylic oxidation sites excluding steroid dienone is 8. The zero-order valence-electron chi connectivity index (χ0n) is 35.5. The molecule has 1 aliphatic rings. The Balaban J connectivity index is 2.30. The third kappa shape index (κ3) is 31.2. The van der Waals surface area contributed by atoms with Crippen molar-refractivity contribution in [3.63, 3.8) is 0 Å². The Bertz CT molecular complexity index is 801. The van der Waals surface area contributed by atoms with Crippen LogP contribution in [0.1, 0.15) is 206 Å². The number of nitrogens with one attached hydrogen (secondary N) is 1. The van der Waals surface area contributed by atoms with Gasteiger partial charge in [0.05, 0.1) is 12.7 Å². The molecular formula is C48H90N2O2. The normalized spacial score (nSPS) is 16.4. The van der Waals surface area contributed by atoms with Gasteiger partial charge >= 0.3 is 0 Å². The minimum absolute atomic E-state index is 0.251. The van der Waals surface area contributed by atoms with Crippen LogP contribution in [-0.4, -0.2) is 57.1 Å². The zero-order valence-corrected chi connectivity index (χ0v) is 35.5. The maximum absolute atomic E-state index is 6.82. The van der Waals surface area contributed by atoms with Crippen molar-refractivity contribution in [1.82, 2.24) is 10.2 Å². The number of nitrogens with zero attached hydrogens (tertiary/aromatic N) is 1. The molecular weight excluding hydrogens is 637 g/mol. The molecule has 0 bridgehead atoms. The van der Waals surface area contributed by atoms with Crippen molar-refractivity contribution in [3.05, 3.63) is 48.6 Å². The largest absolute Gasteiger partial charge is 0.347 e. The molecule has 1 unspecified atom stereocenters. The van der Waals surface area contributed by atoms with E-state index in [0.29, 0.717) is 0 Å². The molecule has 1 N–H and O–H groups in total. The smallest absolute Gasteiger partial charge is 0.168 e. The highest BCUT2D eigenvalue weighted by molar-refractivity contribution is 4.93. The quantitative estimate of drug-likeness (QED) is 0.0505. The Morgan fingerprint density at radius 1 is 0.538 bits per heavy atom. The molecule has 52 heavy (non-hydrogen) atoms. The molecule has 4 heteroatoms. The predicted molar refractivity (Wildman–Crippen MR) is 231 cm³/mol. The van der Waals surface area contributed by atoms with Crippen LogP contribution in [0.5, 0.6) is 0 Å². The van der Waals surface area contributed by atoms with Gasteiger partial charge in [-0.2, -0.15) is 0 Å². The molecule has 0 aromatic heterocycles. The average Bonchev–Trinajstić information content (AvgIpc) is 3.56. The van der Waals surface area contributed by atoms with E-state index < -0.39 is 0 Å². The van der Waals surface area contributed by atoms with Crippen LogP contribution in [0.4, 0.5) is 0 Å². The molecule has 1 aliphatic heterocycles. The second-order valence-corrected chi connectivity index (χ2v) is 15.9. The molecule has 0 aliphatic carbocycles. The van der Waals surface area contributed by atoms with Crippen LogP contribution < -0.4 is 5.32 Å². The van der Waals surface area contributed by atoms with Gasteiger partial charge in [-0.15, -0.1) is 0 Å². The Kier molecular flexibility index (Phi) is 35.8. The van der Waals surface area contributed by atoms with E-state index in [1.807, 2.05) is 7.05 Å². The SMILES string of the molecule is CCCCC/C=C\C/C=C\CCCCCCCCC1(CCCCCCCC/C=C\C/C=C\CCCCC)OCC(CCN(C)CCCCCNC)O1. The van der Waals surface area contributed by atoms with Gasteiger partial charge in [0.1, 0.15) is 0 Å². The summed E-state index contributed by atoms with van der Waals surface area (Å²) < 4.78 is 13.4. The molecule has 0 spiro atoms. The molecule has 1 saturated heterocycles. The maximum Gasteiger partial charge on any atom is 0.168 e. The van der Waals surface area contributed by atoms with Crippen LogP contribution in [-0.2, 0) is 9.47 Å². The van der Waals surface area contributed by atoms with E-state index in [9.17, 15) is 0 Å². The van der Waals surface area contributed by atoms with Crippen LogP contribution in [0.2, 0.25) is 0 Å². The summed E-state index contributed by atoms with van der Waals surface area (Å²) in [6, 6.07) is 0. The lowest BCUT2D eigenvalue weighted by Gasteiger charge is -2.29. The third-order valence-corrected chi connectivity index (χ3v) is 10.7. The summed E-state index contributed by atoms with van der Waals surface area (Å²) in [5.74, 6) is -0.332. The minimum atomic E-state index is -0.332. The van der Waals surface area contributed by atoms with E-state index in [-0.39, 0.29) is 11.9 Å². The molecule has 1 heterocycles. The first-order chi connectivity index (χ1) is 25.7. The third-order valence-electron chi connectivity index (χ3n) is 10.7. The zero-order chi connectivity index (χ0) is 37.5. The summed E-state index contributed by atoms with van der Waals surface area (Å²) in [6.07, 6.45) is 57.2. The molecule has 304 valence electrons. The lowest BCUT2D eigenvalue weighted by atomic mass is 9.98. The summed E-state index contributed by atoms with van der Waals surface area (Å²) in [5, 5.41) is 3.26. The number of hydrogen-bond acceptors (Lipinski definition) is 4. The van der Waals surface area contributed by atoms with E-state index in [4.69, 9.17) is 9.47 Å². The van der Waals surface area contributed by atoms with Crippen molar-refractivity contribution in [2.24, 2.45) is 0 Å². The van der Waals surface area contributed by atoms with E-state index in [2.05, 4.69) is 79.7 Å². The Morgan fingerprint density at radius 2 is 0.981 bits per heavy atom. The Hall–Kier alpha value is -1.20. The van der Waals surface area contributed by atoms with Gasteiger partial charge in [0.2, 0.25) is 0 Å². The van der Waals surface area contributed by atoms with Crippen molar-refractivity contribution in [3.8, 4) is 0 Å². The number of unbranched alkanes of at least 4 members (excludes halogenated alkanes) is 20. The van der Waals surface area contributed by atoms with Crippen LogP contribution in [0.25, 0.3) is 0 Å². The first kappa shape index (κ1) is 48.8. The lowest BCUT2D eigenvalue weighted by Crippen LogP contribution is -2.32. The van der Waals surface area contributed by atoms with Gasteiger partial charge in [-0.1, -0.05) is 146 Å². The summed E-state index contributed by atoms with van der Waals surface area (Å²) in [6.45, 7) is 8.74. The molecule has 4 nitrogen and oxygen atoms in total. The van der Waals surface area contributed by atoms with Crippen molar-refractivity contribution in [1.29, 1.82) is 0 Å². The lowest BCUT2D eigenvalue weighted by molar-refractivity contribution is -0.180. The monoisotopic (exact) mass is 727 g/mol. The summed E-state index contributed by atoms with van der Waals surface area (Å²) in [7, 11) is 4.32.